The summed E-state index contributed by atoms with van der Waals surface area (Å²) in [5.74, 6) is 0.920. The number of thiophene rings is 1. The van der Waals surface area contributed by atoms with Gasteiger partial charge in [0.05, 0.1) is 10.7 Å². The molecule has 0 aliphatic heterocycles. The van der Waals surface area contributed by atoms with E-state index in [1.165, 1.54) is 39.2 Å². The summed E-state index contributed by atoms with van der Waals surface area (Å²) in [7, 11) is 1.66. The largest absolute Gasteiger partial charge is 0.315 e. The van der Waals surface area contributed by atoms with Crippen molar-refractivity contribution in [3.05, 3.63) is 98.5 Å². The molecule has 0 bridgehead atoms. The Hall–Kier alpha value is -3.50. The van der Waals surface area contributed by atoms with Crippen LogP contribution in [0, 0.1) is 10.1 Å². The summed E-state index contributed by atoms with van der Waals surface area (Å²) in [5.41, 5.74) is 1.81. The molecule has 2 heterocycles. The van der Waals surface area contributed by atoms with E-state index in [1.807, 2.05) is 29.6 Å². The molecule has 4 aromatic rings. The van der Waals surface area contributed by atoms with E-state index in [9.17, 15) is 14.9 Å². The van der Waals surface area contributed by atoms with Gasteiger partial charge in [-0.05, 0) is 35.6 Å². The summed E-state index contributed by atoms with van der Waals surface area (Å²) in [6.45, 7) is 0.715. The highest BCUT2D eigenvalue weighted by molar-refractivity contribution is 7.99. The van der Waals surface area contributed by atoms with Gasteiger partial charge in [-0.15, -0.1) is 21.5 Å². The second kappa shape index (κ2) is 11.1. The van der Waals surface area contributed by atoms with Crippen molar-refractivity contribution >= 4 is 40.4 Å². The Labute approximate surface area is 205 Å². The summed E-state index contributed by atoms with van der Waals surface area (Å²) < 4.78 is 2.09. The number of nitrogens with zero attached hydrogens (tertiary/aromatic N) is 5. The lowest BCUT2D eigenvalue weighted by molar-refractivity contribution is -0.384. The minimum atomic E-state index is -0.461. The molecule has 10 heteroatoms. The first kappa shape index (κ1) is 23.7. The quantitative estimate of drug-likeness (QED) is 0.178. The molecule has 0 saturated heterocycles. The molecular weight excluding hydrogens is 470 g/mol. The number of carbonyl (C=O) groups is 1. The molecular formula is C24H23N5O3S2. The van der Waals surface area contributed by atoms with Gasteiger partial charge in [0.25, 0.3) is 5.69 Å². The van der Waals surface area contributed by atoms with E-state index in [0.717, 1.165) is 12.2 Å². The number of hydrogen-bond acceptors (Lipinski definition) is 7. The zero-order valence-corrected chi connectivity index (χ0v) is 20.2. The van der Waals surface area contributed by atoms with Crippen LogP contribution in [0.15, 0.2) is 77.3 Å². The van der Waals surface area contributed by atoms with E-state index in [4.69, 9.17) is 0 Å². The van der Waals surface area contributed by atoms with Gasteiger partial charge in [-0.1, -0.05) is 48.2 Å². The van der Waals surface area contributed by atoms with Crippen LogP contribution in [-0.4, -0.2) is 38.4 Å². The van der Waals surface area contributed by atoms with Gasteiger partial charge in [-0.25, -0.2) is 0 Å². The van der Waals surface area contributed by atoms with Gasteiger partial charge in [0, 0.05) is 42.7 Å². The molecule has 2 aromatic carbocycles. The monoisotopic (exact) mass is 493 g/mol. The highest BCUT2D eigenvalue weighted by Gasteiger charge is 2.18. The fraction of sp³-hybridized carbons (Fsp3) is 0.208. The van der Waals surface area contributed by atoms with Gasteiger partial charge >= 0.3 is 0 Å². The predicted octanol–water partition coefficient (Wildman–Crippen LogP) is 4.84. The standard InChI is InChI=1S/C24H23N5O3S2/c1-27(19-9-11-20(12-10-19)29(31)32)23(30)17-34-24-26-25-22(16-21-8-5-15-33-21)28(24)14-13-18-6-3-2-4-7-18/h2-12,15H,13-14,16-17H2,1H3. The van der Waals surface area contributed by atoms with E-state index >= 15 is 0 Å². The lowest BCUT2D eigenvalue weighted by Crippen LogP contribution is -2.28. The number of non-ortho nitro benzene ring substituents is 1. The second-order valence-electron chi connectivity index (χ2n) is 7.56. The molecule has 1 amide bonds. The van der Waals surface area contributed by atoms with E-state index in [2.05, 4.69) is 33.0 Å². The maximum atomic E-state index is 12.8. The van der Waals surface area contributed by atoms with Crippen LogP contribution in [0.5, 0.6) is 0 Å². The number of amides is 1. The first-order chi connectivity index (χ1) is 16.5. The van der Waals surface area contributed by atoms with Crippen molar-refractivity contribution in [1.29, 1.82) is 0 Å². The number of rotatable bonds is 10. The number of benzene rings is 2. The molecule has 0 aliphatic carbocycles. The Balaban J connectivity index is 1.46. The number of nitro benzene ring substituents is 1. The average molecular weight is 494 g/mol. The number of nitro groups is 1. The van der Waals surface area contributed by atoms with Gasteiger partial charge in [0.15, 0.2) is 5.16 Å². The van der Waals surface area contributed by atoms with Crippen molar-refractivity contribution < 1.29 is 9.72 Å². The predicted molar refractivity (Wildman–Crippen MR) is 135 cm³/mol. The minimum Gasteiger partial charge on any atom is -0.315 e. The highest BCUT2D eigenvalue weighted by atomic mass is 32.2. The van der Waals surface area contributed by atoms with E-state index in [-0.39, 0.29) is 17.3 Å². The number of aromatic nitrogens is 3. The van der Waals surface area contributed by atoms with Gasteiger partial charge in [0.2, 0.25) is 5.91 Å². The third-order valence-corrected chi connectivity index (χ3v) is 7.15. The molecule has 0 radical (unpaired) electrons. The molecule has 0 aliphatic rings. The topological polar surface area (TPSA) is 94.2 Å². The summed E-state index contributed by atoms with van der Waals surface area (Å²) in [6, 6.07) is 20.3. The van der Waals surface area contributed by atoms with Crippen molar-refractivity contribution in [2.45, 2.75) is 24.5 Å². The van der Waals surface area contributed by atoms with Crippen LogP contribution in [0.2, 0.25) is 0 Å². The number of thioether (sulfide) groups is 1. The summed E-state index contributed by atoms with van der Waals surface area (Å²) >= 11 is 3.03. The lowest BCUT2D eigenvalue weighted by atomic mass is 10.1. The zero-order chi connectivity index (χ0) is 23.9. The van der Waals surface area contributed by atoms with Crippen LogP contribution in [0.4, 0.5) is 11.4 Å². The maximum absolute atomic E-state index is 12.8. The summed E-state index contributed by atoms with van der Waals surface area (Å²) in [4.78, 5) is 25.9. The minimum absolute atomic E-state index is 0.0104. The fourth-order valence-corrected chi connectivity index (χ4v) is 5.00. The first-order valence-corrected chi connectivity index (χ1v) is 12.5. The van der Waals surface area contributed by atoms with E-state index < -0.39 is 4.92 Å². The molecule has 174 valence electrons. The molecule has 0 fully saturated rings. The Morgan fingerprint density at radius 1 is 1.09 bits per heavy atom. The third kappa shape index (κ3) is 5.89. The molecule has 4 rings (SSSR count). The number of carbonyl (C=O) groups excluding carboxylic acids is 1. The summed E-state index contributed by atoms with van der Waals surface area (Å²) in [6.07, 6.45) is 1.52. The van der Waals surface area contributed by atoms with Gasteiger partial charge in [0.1, 0.15) is 5.82 Å². The molecule has 34 heavy (non-hydrogen) atoms. The Kier molecular flexibility index (Phi) is 7.71. The smallest absolute Gasteiger partial charge is 0.269 e. The van der Waals surface area contributed by atoms with Crippen LogP contribution >= 0.6 is 23.1 Å². The molecule has 8 nitrogen and oxygen atoms in total. The van der Waals surface area contributed by atoms with Crippen molar-refractivity contribution in [3.8, 4) is 0 Å². The molecule has 0 saturated carbocycles. The van der Waals surface area contributed by atoms with E-state index in [1.54, 1.807) is 30.5 Å². The van der Waals surface area contributed by atoms with Crippen molar-refractivity contribution in [2.24, 2.45) is 0 Å². The van der Waals surface area contributed by atoms with Gasteiger partial charge < -0.3 is 9.47 Å². The number of hydrogen-bond donors (Lipinski definition) is 0. The third-order valence-electron chi connectivity index (χ3n) is 5.32. The van der Waals surface area contributed by atoms with E-state index in [0.29, 0.717) is 23.8 Å². The Bertz CT molecular complexity index is 1240. The lowest BCUT2D eigenvalue weighted by Gasteiger charge is -2.17. The number of anilines is 1. The first-order valence-electron chi connectivity index (χ1n) is 10.6. The van der Waals surface area contributed by atoms with Crippen LogP contribution in [0.1, 0.15) is 16.3 Å². The van der Waals surface area contributed by atoms with Crippen LogP contribution in [-0.2, 0) is 24.2 Å². The SMILES string of the molecule is CN(C(=O)CSc1nnc(Cc2cccs2)n1CCc1ccccc1)c1ccc([N+](=O)[O-])cc1. The van der Waals surface area contributed by atoms with Gasteiger partial charge in [-0.3, -0.25) is 14.9 Å². The van der Waals surface area contributed by atoms with Crippen LogP contribution < -0.4 is 4.90 Å². The Morgan fingerprint density at radius 2 is 1.85 bits per heavy atom. The fourth-order valence-electron chi connectivity index (χ4n) is 3.40. The zero-order valence-electron chi connectivity index (χ0n) is 18.5. The molecule has 0 unspecified atom stereocenters. The maximum Gasteiger partial charge on any atom is 0.269 e. The van der Waals surface area contributed by atoms with Crippen LogP contribution in [0.25, 0.3) is 0 Å². The Morgan fingerprint density at radius 3 is 2.53 bits per heavy atom. The van der Waals surface area contributed by atoms with Gasteiger partial charge in [-0.2, -0.15) is 0 Å². The molecule has 2 aromatic heterocycles. The van der Waals surface area contributed by atoms with Crippen molar-refractivity contribution in [1.82, 2.24) is 14.8 Å². The van der Waals surface area contributed by atoms with Crippen molar-refractivity contribution in [3.63, 3.8) is 0 Å². The normalized spacial score (nSPS) is 10.9. The summed E-state index contributed by atoms with van der Waals surface area (Å²) in [5, 5.41) is 22.4. The second-order valence-corrected chi connectivity index (χ2v) is 9.53. The average Bonchev–Trinajstić information content (AvgIpc) is 3.51. The highest BCUT2D eigenvalue weighted by Crippen LogP contribution is 2.23. The number of aryl methyl sites for hydroxylation is 1. The van der Waals surface area contributed by atoms with Crippen molar-refractivity contribution in [2.75, 3.05) is 17.7 Å². The molecule has 0 spiro atoms. The molecule has 0 N–H and O–H groups in total. The van der Waals surface area contributed by atoms with Crippen LogP contribution in [0.3, 0.4) is 0 Å². The molecule has 0 atom stereocenters.